The van der Waals surface area contributed by atoms with Gasteiger partial charge in [-0.1, -0.05) is 11.8 Å². The van der Waals surface area contributed by atoms with Crippen LogP contribution in [-0.4, -0.2) is 51.2 Å². The zero-order valence-corrected chi connectivity index (χ0v) is 15.1. The minimum absolute atomic E-state index is 0.0677. The third-order valence-corrected chi connectivity index (χ3v) is 4.94. The highest BCUT2D eigenvalue weighted by Gasteiger charge is 2.28. The third-order valence-electron chi connectivity index (χ3n) is 4.10. The Hall–Kier alpha value is -1.83. The summed E-state index contributed by atoms with van der Waals surface area (Å²) < 4.78 is 4.88. The van der Waals surface area contributed by atoms with E-state index in [0.29, 0.717) is 5.16 Å². The van der Waals surface area contributed by atoms with Gasteiger partial charge in [0.15, 0.2) is 5.16 Å². The summed E-state index contributed by atoms with van der Waals surface area (Å²) in [5.41, 5.74) is 5.93. The maximum atomic E-state index is 12.5. The van der Waals surface area contributed by atoms with Crippen LogP contribution >= 0.6 is 11.8 Å². The van der Waals surface area contributed by atoms with Crippen molar-refractivity contribution in [3.63, 3.8) is 0 Å². The molecule has 0 aromatic carbocycles. The topological polar surface area (TPSA) is 98.4 Å². The Morgan fingerprint density at radius 3 is 2.62 bits per heavy atom. The highest BCUT2D eigenvalue weighted by molar-refractivity contribution is 7.99. The summed E-state index contributed by atoms with van der Waals surface area (Å²) in [6.45, 7) is 6.14. The van der Waals surface area contributed by atoms with Gasteiger partial charge in [0, 0.05) is 18.3 Å². The number of ether oxygens (including phenoxy) is 1. The van der Waals surface area contributed by atoms with Gasteiger partial charge in [0.1, 0.15) is 11.4 Å². The first kappa shape index (κ1) is 18.5. The lowest BCUT2D eigenvalue weighted by molar-refractivity contribution is -0.134. The van der Waals surface area contributed by atoms with Crippen LogP contribution in [0.5, 0.6) is 0 Å². The molecule has 0 radical (unpaired) electrons. The average Bonchev–Trinajstić information content (AvgIpc) is 2.53. The first-order valence-corrected chi connectivity index (χ1v) is 9.16. The number of nitrogen functional groups attached to an aromatic ring is 1. The normalized spacial score (nSPS) is 20.7. The number of rotatable bonds is 5. The molecule has 0 saturated carbocycles. The zero-order chi connectivity index (χ0) is 17.7. The summed E-state index contributed by atoms with van der Waals surface area (Å²) in [7, 11) is 0. The molecule has 2 unspecified atom stereocenters. The van der Waals surface area contributed by atoms with Crippen LogP contribution in [0.3, 0.4) is 0 Å². The SMILES string of the molecule is CCOC(=O)c1cnc(SCC(=O)N2C(C)CCCC2C)nc1N. The van der Waals surface area contributed by atoms with Crippen LogP contribution in [0, 0.1) is 0 Å². The average molecular weight is 352 g/mol. The van der Waals surface area contributed by atoms with Gasteiger partial charge in [-0.15, -0.1) is 0 Å². The predicted molar refractivity (Wildman–Crippen MR) is 92.7 cm³/mol. The van der Waals surface area contributed by atoms with Crippen molar-refractivity contribution in [2.24, 2.45) is 0 Å². The Kier molecular flexibility index (Phi) is 6.42. The van der Waals surface area contributed by atoms with Crippen LogP contribution in [0.2, 0.25) is 0 Å². The summed E-state index contributed by atoms with van der Waals surface area (Å²) in [5, 5.41) is 0.381. The molecule has 1 amide bonds. The summed E-state index contributed by atoms with van der Waals surface area (Å²) in [4.78, 5) is 34.3. The molecule has 2 heterocycles. The molecule has 2 atom stereocenters. The monoisotopic (exact) mass is 352 g/mol. The van der Waals surface area contributed by atoms with Gasteiger partial charge in [-0.2, -0.15) is 0 Å². The lowest BCUT2D eigenvalue weighted by atomic mass is 9.98. The lowest BCUT2D eigenvalue weighted by Gasteiger charge is -2.39. The second-order valence-corrected chi connectivity index (χ2v) is 6.83. The molecule has 0 spiro atoms. The number of carbonyl (C=O) groups excluding carboxylic acids is 2. The quantitative estimate of drug-likeness (QED) is 0.492. The van der Waals surface area contributed by atoms with Gasteiger partial charge in [0.2, 0.25) is 5.91 Å². The molecular weight excluding hydrogens is 328 g/mol. The summed E-state index contributed by atoms with van der Waals surface area (Å²) in [6.07, 6.45) is 4.59. The fourth-order valence-corrected chi connectivity index (χ4v) is 3.62. The van der Waals surface area contributed by atoms with E-state index in [-0.39, 0.29) is 41.7 Å². The Morgan fingerprint density at radius 2 is 2.04 bits per heavy atom. The van der Waals surface area contributed by atoms with Crippen LogP contribution in [0.4, 0.5) is 5.82 Å². The molecule has 7 nitrogen and oxygen atoms in total. The second kappa shape index (κ2) is 8.32. The van der Waals surface area contributed by atoms with Crippen LogP contribution in [0.25, 0.3) is 0 Å². The Bertz CT molecular complexity index is 601. The molecule has 24 heavy (non-hydrogen) atoms. The molecule has 1 saturated heterocycles. The van der Waals surface area contributed by atoms with E-state index in [1.54, 1.807) is 6.92 Å². The minimum atomic E-state index is -0.543. The minimum Gasteiger partial charge on any atom is -0.462 e. The maximum absolute atomic E-state index is 12.5. The van der Waals surface area contributed by atoms with Crippen LogP contribution in [0.15, 0.2) is 11.4 Å². The van der Waals surface area contributed by atoms with E-state index < -0.39 is 5.97 Å². The van der Waals surface area contributed by atoms with Crippen molar-refractivity contribution < 1.29 is 14.3 Å². The number of aromatic nitrogens is 2. The number of esters is 1. The molecule has 0 bridgehead atoms. The van der Waals surface area contributed by atoms with Gasteiger partial charge in [0.25, 0.3) is 0 Å². The molecule has 8 heteroatoms. The van der Waals surface area contributed by atoms with Crippen molar-refractivity contribution >= 4 is 29.5 Å². The van der Waals surface area contributed by atoms with Gasteiger partial charge >= 0.3 is 5.97 Å². The summed E-state index contributed by atoms with van der Waals surface area (Å²) in [5.74, 6) is -0.139. The maximum Gasteiger partial charge on any atom is 0.343 e. The van der Waals surface area contributed by atoms with E-state index in [1.807, 2.05) is 4.90 Å². The molecule has 1 aromatic heterocycles. The number of amides is 1. The number of thioether (sulfide) groups is 1. The molecule has 2 N–H and O–H groups in total. The largest absolute Gasteiger partial charge is 0.462 e. The molecule has 1 aromatic rings. The molecule has 2 rings (SSSR count). The first-order valence-electron chi connectivity index (χ1n) is 8.17. The van der Waals surface area contributed by atoms with E-state index in [4.69, 9.17) is 10.5 Å². The van der Waals surface area contributed by atoms with Crippen LogP contribution in [-0.2, 0) is 9.53 Å². The molecule has 1 fully saturated rings. The highest BCUT2D eigenvalue weighted by Crippen LogP contribution is 2.24. The van der Waals surface area contributed by atoms with Gasteiger partial charge in [0.05, 0.1) is 12.4 Å². The summed E-state index contributed by atoms with van der Waals surface area (Å²) in [6, 6.07) is 0.526. The Labute approximate surface area is 146 Å². The molecule has 132 valence electrons. The van der Waals surface area contributed by atoms with E-state index in [1.165, 1.54) is 18.0 Å². The molecular formula is C16H24N4O3S. The number of likely N-dealkylation sites (tertiary alicyclic amines) is 1. The van der Waals surface area contributed by atoms with Gasteiger partial charge in [-0.3, -0.25) is 4.79 Å². The number of piperidine rings is 1. The van der Waals surface area contributed by atoms with Crippen molar-refractivity contribution in [2.45, 2.75) is 57.3 Å². The second-order valence-electron chi connectivity index (χ2n) is 5.89. The molecule has 1 aliphatic heterocycles. The fraction of sp³-hybridized carbons (Fsp3) is 0.625. The number of hydrogen-bond donors (Lipinski definition) is 1. The van der Waals surface area contributed by atoms with Crippen molar-refractivity contribution in [3.05, 3.63) is 11.8 Å². The zero-order valence-electron chi connectivity index (χ0n) is 14.3. The number of hydrogen-bond acceptors (Lipinski definition) is 7. The standard InChI is InChI=1S/C16H24N4O3S/c1-4-23-15(22)12-8-18-16(19-14(12)17)24-9-13(21)20-10(2)6-5-7-11(20)3/h8,10-11H,4-7,9H2,1-3H3,(H2,17,18,19). The number of anilines is 1. The third kappa shape index (κ3) is 4.37. The van der Waals surface area contributed by atoms with Crippen molar-refractivity contribution in [2.75, 3.05) is 18.1 Å². The van der Waals surface area contributed by atoms with Crippen molar-refractivity contribution in [1.29, 1.82) is 0 Å². The Balaban J connectivity index is 1.98. The number of nitrogens with zero attached hydrogens (tertiary/aromatic N) is 3. The van der Waals surface area contributed by atoms with Gasteiger partial charge in [-0.05, 0) is 40.0 Å². The van der Waals surface area contributed by atoms with Crippen LogP contribution < -0.4 is 5.73 Å². The smallest absolute Gasteiger partial charge is 0.343 e. The lowest BCUT2D eigenvalue weighted by Crippen LogP contribution is -2.48. The van der Waals surface area contributed by atoms with E-state index in [9.17, 15) is 9.59 Å². The molecule has 0 aliphatic carbocycles. The van der Waals surface area contributed by atoms with E-state index >= 15 is 0 Å². The Morgan fingerprint density at radius 1 is 1.38 bits per heavy atom. The van der Waals surface area contributed by atoms with E-state index in [2.05, 4.69) is 23.8 Å². The highest BCUT2D eigenvalue weighted by atomic mass is 32.2. The number of nitrogens with two attached hydrogens (primary N) is 1. The first-order chi connectivity index (χ1) is 11.4. The number of carbonyl (C=O) groups is 2. The van der Waals surface area contributed by atoms with Gasteiger partial charge in [-0.25, -0.2) is 14.8 Å². The van der Waals surface area contributed by atoms with Crippen molar-refractivity contribution in [3.8, 4) is 0 Å². The van der Waals surface area contributed by atoms with Gasteiger partial charge < -0.3 is 15.4 Å². The molecule has 1 aliphatic rings. The van der Waals surface area contributed by atoms with E-state index in [0.717, 1.165) is 19.3 Å². The predicted octanol–water partition coefficient (Wildman–Crippen LogP) is 2.12. The van der Waals surface area contributed by atoms with Crippen molar-refractivity contribution in [1.82, 2.24) is 14.9 Å². The fourth-order valence-electron chi connectivity index (χ4n) is 2.93. The van der Waals surface area contributed by atoms with Crippen LogP contribution in [0.1, 0.15) is 50.4 Å². The summed E-state index contributed by atoms with van der Waals surface area (Å²) >= 11 is 1.23.